The van der Waals surface area contributed by atoms with Gasteiger partial charge in [0, 0.05) is 31.9 Å². The number of piperazine rings is 1. The second-order valence-electron chi connectivity index (χ2n) is 8.53. The number of ether oxygens (including phenoxy) is 2. The van der Waals surface area contributed by atoms with Gasteiger partial charge in [-0.15, -0.1) is 0 Å². The van der Waals surface area contributed by atoms with Gasteiger partial charge in [-0.3, -0.25) is 14.5 Å². The Morgan fingerprint density at radius 1 is 0.857 bits per heavy atom. The van der Waals surface area contributed by atoms with E-state index in [9.17, 15) is 14.0 Å². The fourth-order valence-corrected chi connectivity index (χ4v) is 4.45. The molecular formula is C27H26FN3O4. The molecule has 0 aliphatic carbocycles. The van der Waals surface area contributed by atoms with Crippen LogP contribution in [-0.4, -0.2) is 60.5 Å². The van der Waals surface area contributed by atoms with Crippen LogP contribution < -0.4 is 14.8 Å². The summed E-state index contributed by atoms with van der Waals surface area (Å²) < 4.78 is 24.9. The fraction of sp³-hybridized carbons (Fsp3) is 0.259. The number of nitrogens with zero attached hydrogens (tertiary/aromatic N) is 2. The molecule has 8 heteroatoms. The Hall–Kier alpha value is -3.91. The number of carbonyl (C=O) groups is 2. The first kappa shape index (κ1) is 22.9. The topological polar surface area (TPSA) is 71.1 Å². The lowest BCUT2D eigenvalue weighted by Gasteiger charge is -2.40. The summed E-state index contributed by atoms with van der Waals surface area (Å²) >= 11 is 0. The molecule has 0 radical (unpaired) electrons. The molecule has 1 saturated heterocycles. The maximum absolute atomic E-state index is 13.3. The third-order valence-electron chi connectivity index (χ3n) is 6.25. The van der Waals surface area contributed by atoms with Gasteiger partial charge < -0.3 is 19.7 Å². The third kappa shape index (κ3) is 5.12. The van der Waals surface area contributed by atoms with E-state index in [1.54, 1.807) is 11.0 Å². The summed E-state index contributed by atoms with van der Waals surface area (Å²) in [7, 11) is 0. The number of benzene rings is 3. The monoisotopic (exact) mass is 475 g/mol. The molecule has 1 fully saturated rings. The molecule has 35 heavy (non-hydrogen) atoms. The van der Waals surface area contributed by atoms with Gasteiger partial charge in [-0.25, -0.2) is 4.39 Å². The number of rotatable bonds is 5. The SMILES string of the molecule is O=C(Nc1ccc(F)cc1)[C@H](c1ccccc1)N1CCN(C(=O)[C@H]2COc3ccccc3O2)CC1. The lowest BCUT2D eigenvalue weighted by atomic mass is 10.0. The largest absolute Gasteiger partial charge is 0.485 e. The van der Waals surface area contributed by atoms with Crippen LogP contribution in [0.2, 0.25) is 0 Å². The second-order valence-corrected chi connectivity index (χ2v) is 8.53. The summed E-state index contributed by atoms with van der Waals surface area (Å²) in [5.74, 6) is 0.519. The van der Waals surface area contributed by atoms with Crippen molar-refractivity contribution in [1.29, 1.82) is 0 Å². The highest BCUT2D eigenvalue weighted by molar-refractivity contribution is 5.95. The molecule has 0 spiro atoms. The lowest BCUT2D eigenvalue weighted by molar-refractivity contribution is -0.143. The van der Waals surface area contributed by atoms with Gasteiger partial charge in [0.05, 0.1) is 0 Å². The predicted octanol–water partition coefficient (Wildman–Crippen LogP) is 3.49. The summed E-state index contributed by atoms with van der Waals surface area (Å²) in [6.45, 7) is 2.14. The number of amides is 2. The first-order chi connectivity index (χ1) is 17.1. The summed E-state index contributed by atoms with van der Waals surface area (Å²) in [5, 5.41) is 2.90. The molecule has 3 aromatic rings. The average Bonchev–Trinajstić information content (AvgIpc) is 2.90. The minimum absolute atomic E-state index is 0.119. The van der Waals surface area contributed by atoms with E-state index in [0.717, 1.165) is 5.56 Å². The Kier molecular flexibility index (Phi) is 6.63. The van der Waals surface area contributed by atoms with Gasteiger partial charge in [-0.05, 0) is 42.0 Å². The summed E-state index contributed by atoms with van der Waals surface area (Å²) in [6.07, 6.45) is -0.692. The van der Waals surface area contributed by atoms with E-state index in [4.69, 9.17) is 9.47 Å². The molecule has 0 unspecified atom stereocenters. The number of halogens is 1. The fourth-order valence-electron chi connectivity index (χ4n) is 4.45. The van der Waals surface area contributed by atoms with E-state index < -0.39 is 12.1 Å². The Labute approximate surface area is 203 Å². The number of para-hydroxylation sites is 2. The van der Waals surface area contributed by atoms with Crippen molar-refractivity contribution in [3.63, 3.8) is 0 Å². The number of hydrogen-bond donors (Lipinski definition) is 1. The minimum atomic E-state index is -0.692. The molecule has 5 rings (SSSR count). The zero-order chi connectivity index (χ0) is 24.2. The van der Waals surface area contributed by atoms with Gasteiger partial charge in [-0.2, -0.15) is 0 Å². The number of anilines is 1. The van der Waals surface area contributed by atoms with Crippen molar-refractivity contribution in [1.82, 2.24) is 9.80 Å². The molecule has 0 bridgehead atoms. The smallest absolute Gasteiger partial charge is 0.267 e. The van der Waals surface area contributed by atoms with E-state index in [1.165, 1.54) is 24.3 Å². The van der Waals surface area contributed by atoms with Crippen LogP contribution in [0.3, 0.4) is 0 Å². The van der Waals surface area contributed by atoms with E-state index >= 15 is 0 Å². The number of carbonyl (C=O) groups excluding carboxylic acids is 2. The molecular weight excluding hydrogens is 449 g/mol. The van der Waals surface area contributed by atoms with Gasteiger partial charge in [0.15, 0.2) is 11.5 Å². The Bertz CT molecular complexity index is 1180. The zero-order valence-corrected chi connectivity index (χ0v) is 19.1. The van der Waals surface area contributed by atoms with Crippen LogP contribution in [0.1, 0.15) is 11.6 Å². The van der Waals surface area contributed by atoms with Crippen molar-refractivity contribution >= 4 is 17.5 Å². The summed E-state index contributed by atoms with van der Waals surface area (Å²) in [5.41, 5.74) is 1.38. The predicted molar refractivity (Wildman–Crippen MR) is 129 cm³/mol. The van der Waals surface area contributed by atoms with Crippen molar-refractivity contribution < 1.29 is 23.5 Å². The first-order valence-electron chi connectivity index (χ1n) is 11.6. The van der Waals surface area contributed by atoms with E-state index in [0.29, 0.717) is 43.4 Å². The molecule has 2 aliphatic heterocycles. The number of hydrogen-bond acceptors (Lipinski definition) is 5. The number of nitrogens with one attached hydrogen (secondary N) is 1. The summed E-state index contributed by atoms with van der Waals surface area (Å²) in [6, 6.07) is 22.0. The van der Waals surface area contributed by atoms with E-state index in [2.05, 4.69) is 10.2 Å². The van der Waals surface area contributed by atoms with Gasteiger partial charge in [-0.1, -0.05) is 42.5 Å². The molecule has 180 valence electrons. The zero-order valence-electron chi connectivity index (χ0n) is 19.1. The van der Waals surface area contributed by atoms with Crippen molar-refractivity contribution in [2.24, 2.45) is 0 Å². The molecule has 0 saturated carbocycles. The van der Waals surface area contributed by atoms with Gasteiger partial charge >= 0.3 is 0 Å². The van der Waals surface area contributed by atoms with Gasteiger partial charge in [0.1, 0.15) is 18.5 Å². The second kappa shape index (κ2) is 10.1. The Balaban J connectivity index is 1.25. The van der Waals surface area contributed by atoms with Crippen molar-refractivity contribution in [3.8, 4) is 11.5 Å². The minimum Gasteiger partial charge on any atom is -0.485 e. The van der Waals surface area contributed by atoms with Crippen molar-refractivity contribution in [2.45, 2.75) is 12.1 Å². The molecule has 1 N–H and O–H groups in total. The Morgan fingerprint density at radius 3 is 2.23 bits per heavy atom. The summed E-state index contributed by atoms with van der Waals surface area (Å²) in [4.78, 5) is 30.2. The standard InChI is InChI=1S/C27H26FN3O4/c28-20-10-12-21(13-11-20)29-26(32)25(19-6-2-1-3-7-19)30-14-16-31(17-15-30)27(33)24-18-34-22-8-4-5-9-23(22)35-24/h1-13,24-25H,14-18H2,(H,29,32)/t24-,25+/m1/s1. The number of fused-ring (bicyclic) bond motifs is 1. The molecule has 0 aromatic heterocycles. The quantitative estimate of drug-likeness (QED) is 0.612. The maximum atomic E-state index is 13.3. The van der Waals surface area contributed by atoms with Crippen LogP contribution in [0.15, 0.2) is 78.9 Å². The molecule has 2 atom stereocenters. The molecule has 3 aromatic carbocycles. The third-order valence-corrected chi connectivity index (χ3v) is 6.25. The van der Waals surface area contributed by atoms with E-state index in [-0.39, 0.29) is 24.2 Å². The van der Waals surface area contributed by atoms with Crippen LogP contribution >= 0.6 is 0 Å². The van der Waals surface area contributed by atoms with Crippen molar-refractivity contribution in [2.75, 3.05) is 38.1 Å². The van der Waals surface area contributed by atoms with Crippen LogP contribution in [0, 0.1) is 5.82 Å². The highest BCUT2D eigenvalue weighted by atomic mass is 19.1. The van der Waals surface area contributed by atoms with E-state index in [1.807, 2.05) is 48.5 Å². The molecule has 7 nitrogen and oxygen atoms in total. The van der Waals surface area contributed by atoms with Crippen LogP contribution in [-0.2, 0) is 9.59 Å². The van der Waals surface area contributed by atoms with Gasteiger partial charge in [0.2, 0.25) is 12.0 Å². The molecule has 2 amide bonds. The van der Waals surface area contributed by atoms with Gasteiger partial charge in [0.25, 0.3) is 5.91 Å². The lowest BCUT2D eigenvalue weighted by Crippen LogP contribution is -2.55. The normalized spacial score (nSPS) is 18.5. The first-order valence-corrected chi connectivity index (χ1v) is 11.6. The highest BCUT2D eigenvalue weighted by Gasteiger charge is 2.35. The highest BCUT2D eigenvalue weighted by Crippen LogP contribution is 2.31. The van der Waals surface area contributed by atoms with Crippen LogP contribution in [0.5, 0.6) is 11.5 Å². The maximum Gasteiger partial charge on any atom is 0.267 e. The average molecular weight is 476 g/mol. The molecule has 2 aliphatic rings. The Morgan fingerprint density at radius 2 is 1.51 bits per heavy atom. The van der Waals surface area contributed by atoms with Crippen molar-refractivity contribution in [3.05, 3.63) is 90.2 Å². The van der Waals surface area contributed by atoms with Crippen LogP contribution in [0.4, 0.5) is 10.1 Å². The molecule has 2 heterocycles. The van der Waals surface area contributed by atoms with Crippen LogP contribution in [0.25, 0.3) is 0 Å².